The molecule has 2 atom stereocenters. The minimum atomic E-state index is 0.346. The van der Waals surface area contributed by atoms with Crippen molar-refractivity contribution in [3.63, 3.8) is 0 Å². The van der Waals surface area contributed by atoms with E-state index >= 15 is 0 Å². The summed E-state index contributed by atoms with van der Waals surface area (Å²) in [7, 11) is 0. The quantitative estimate of drug-likeness (QED) is 0.812. The molecule has 1 rings (SSSR count). The fraction of sp³-hybridized carbons (Fsp3) is 0.647. The third-order valence-electron chi connectivity index (χ3n) is 4.32. The van der Waals surface area contributed by atoms with E-state index in [1.807, 2.05) is 0 Å². The number of likely N-dealkylation sites (N-methyl/N-ethyl adjacent to an activating group) is 1. The van der Waals surface area contributed by atoms with E-state index in [0.717, 1.165) is 19.0 Å². The summed E-state index contributed by atoms with van der Waals surface area (Å²) >= 11 is 0. The van der Waals surface area contributed by atoms with Gasteiger partial charge in [0.1, 0.15) is 0 Å². The number of benzene rings is 1. The molecule has 0 aliphatic carbocycles. The van der Waals surface area contributed by atoms with Crippen LogP contribution in [0.25, 0.3) is 0 Å². The van der Waals surface area contributed by atoms with Gasteiger partial charge in [-0.3, -0.25) is 4.90 Å². The zero-order chi connectivity index (χ0) is 14.4. The summed E-state index contributed by atoms with van der Waals surface area (Å²) in [6, 6.07) is 6.91. The highest BCUT2D eigenvalue weighted by Gasteiger charge is 2.21. The first kappa shape index (κ1) is 16.2. The van der Waals surface area contributed by atoms with E-state index in [0.29, 0.717) is 12.6 Å². The summed E-state index contributed by atoms with van der Waals surface area (Å²) < 4.78 is 0. The Hall–Kier alpha value is -0.860. The Morgan fingerprint density at radius 1 is 1.21 bits per heavy atom. The molecule has 0 aliphatic heterocycles. The first-order valence-corrected chi connectivity index (χ1v) is 7.55. The number of rotatable bonds is 7. The number of hydrogen-bond acceptors (Lipinski definition) is 2. The van der Waals surface area contributed by atoms with Crippen LogP contribution in [0, 0.1) is 19.8 Å². The molecule has 0 amide bonds. The number of nitrogens with two attached hydrogens (primary N) is 1. The van der Waals surface area contributed by atoms with E-state index in [1.54, 1.807) is 0 Å². The van der Waals surface area contributed by atoms with Crippen LogP contribution in [-0.2, 0) is 0 Å². The van der Waals surface area contributed by atoms with Gasteiger partial charge in [-0.2, -0.15) is 0 Å². The predicted octanol–water partition coefficient (Wildman–Crippen LogP) is 3.67. The monoisotopic (exact) mass is 262 g/mol. The molecule has 0 aromatic heterocycles. The fourth-order valence-electron chi connectivity index (χ4n) is 2.61. The molecule has 0 saturated heterocycles. The molecular weight excluding hydrogens is 232 g/mol. The maximum absolute atomic E-state index is 6.08. The molecule has 19 heavy (non-hydrogen) atoms. The van der Waals surface area contributed by atoms with E-state index in [4.69, 9.17) is 5.73 Å². The van der Waals surface area contributed by atoms with Crippen LogP contribution in [0.3, 0.4) is 0 Å². The highest BCUT2D eigenvalue weighted by atomic mass is 15.2. The van der Waals surface area contributed by atoms with Gasteiger partial charge in [-0.05, 0) is 43.0 Å². The summed E-state index contributed by atoms with van der Waals surface area (Å²) in [4.78, 5) is 2.52. The van der Waals surface area contributed by atoms with Gasteiger partial charge in [0, 0.05) is 19.1 Å². The smallest absolute Gasteiger partial charge is 0.0473 e. The second kappa shape index (κ2) is 7.66. The van der Waals surface area contributed by atoms with Gasteiger partial charge in [0.2, 0.25) is 0 Å². The molecule has 2 nitrogen and oxygen atoms in total. The van der Waals surface area contributed by atoms with Crippen molar-refractivity contribution >= 4 is 0 Å². The SMILES string of the molecule is CCC(C)CN(CC)C(CN)c1cccc(C)c1C. The molecule has 2 N–H and O–H groups in total. The molecule has 0 spiro atoms. The first-order valence-electron chi connectivity index (χ1n) is 7.55. The van der Waals surface area contributed by atoms with Gasteiger partial charge < -0.3 is 5.73 Å². The summed E-state index contributed by atoms with van der Waals surface area (Å²) in [6.45, 7) is 14.1. The Kier molecular flexibility index (Phi) is 6.53. The molecule has 2 heteroatoms. The topological polar surface area (TPSA) is 29.3 Å². The molecule has 0 radical (unpaired) electrons. The lowest BCUT2D eigenvalue weighted by atomic mass is 9.95. The van der Waals surface area contributed by atoms with Crippen LogP contribution < -0.4 is 5.73 Å². The number of hydrogen-bond donors (Lipinski definition) is 1. The van der Waals surface area contributed by atoms with Gasteiger partial charge in [-0.15, -0.1) is 0 Å². The molecule has 0 aliphatic rings. The number of nitrogens with zero attached hydrogens (tertiary/aromatic N) is 1. The molecule has 0 saturated carbocycles. The van der Waals surface area contributed by atoms with Crippen LogP contribution in [0.4, 0.5) is 0 Å². The van der Waals surface area contributed by atoms with Gasteiger partial charge in [-0.25, -0.2) is 0 Å². The van der Waals surface area contributed by atoms with E-state index in [1.165, 1.54) is 23.1 Å². The molecule has 0 fully saturated rings. The maximum atomic E-state index is 6.08. The van der Waals surface area contributed by atoms with E-state index in [9.17, 15) is 0 Å². The highest BCUT2D eigenvalue weighted by Crippen LogP contribution is 2.26. The van der Waals surface area contributed by atoms with Crippen LogP contribution in [0.2, 0.25) is 0 Å². The Balaban J connectivity index is 3.00. The average Bonchev–Trinajstić information content (AvgIpc) is 2.42. The van der Waals surface area contributed by atoms with Crippen molar-refractivity contribution in [1.29, 1.82) is 0 Å². The Morgan fingerprint density at radius 3 is 2.42 bits per heavy atom. The molecule has 2 unspecified atom stereocenters. The standard InChI is InChI=1S/C17H30N2/c1-6-13(3)12-19(7-2)17(11-18)16-10-8-9-14(4)15(16)5/h8-10,13,17H,6-7,11-12,18H2,1-5H3. The van der Waals surface area contributed by atoms with Crippen LogP contribution in [0.15, 0.2) is 18.2 Å². The molecule has 1 aromatic rings. The fourth-order valence-corrected chi connectivity index (χ4v) is 2.61. The van der Waals surface area contributed by atoms with Crippen molar-refractivity contribution in [1.82, 2.24) is 4.90 Å². The highest BCUT2D eigenvalue weighted by molar-refractivity contribution is 5.35. The van der Waals surface area contributed by atoms with Crippen molar-refractivity contribution in [2.45, 2.75) is 47.1 Å². The lowest BCUT2D eigenvalue weighted by Gasteiger charge is -2.33. The van der Waals surface area contributed by atoms with Crippen LogP contribution in [-0.4, -0.2) is 24.5 Å². The Bertz CT molecular complexity index is 387. The Labute approximate surface area is 119 Å². The van der Waals surface area contributed by atoms with E-state index in [-0.39, 0.29) is 0 Å². The lowest BCUT2D eigenvalue weighted by Crippen LogP contribution is -2.37. The van der Waals surface area contributed by atoms with Crippen molar-refractivity contribution in [2.75, 3.05) is 19.6 Å². The summed E-state index contributed by atoms with van der Waals surface area (Å²) in [5.41, 5.74) is 10.2. The maximum Gasteiger partial charge on any atom is 0.0473 e. The molecule has 108 valence electrons. The van der Waals surface area contributed by atoms with Crippen LogP contribution in [0.1, 0.15) is 49.9 Å². The van der Waals surface area contributed by atoms with Gasteiger partial charge in [0.05, 0.1) is 0 Å². The van der Waals surface area contributed by atoms with E-state index < -0.39 is 0 Å². The van der Waals surface area contributed by atoms with Crippen molar-refractivity contribution < 1.29 is 0 Å². The Morgan fingerprint density at radius 2 is 1.89 bits per heavy atom. The lowest BCUT2D eigenvalue weighted by molar-refractivity contribution is 0.182. The van der Waals surface area contributed by atoms with Crippen molar-refractivity contribution in [3.05, 3.63) is 34.9 Å². The summed E-state index contributed by atoms with van der Waals surface area (Å²) in [6.07, 6.45) is 1.22. The third kappa shape index (κ3) is 4.05. The average molecular weight is 262 g/mol. The molecule has 0 heterocycles. The molecule has 1 aromatic carbocycles. The minimum absolute atomic E-state index is 0.346. The molecular formula is C17H30N2. The van der Waals surface area contributed by atoms with Gasteiger partial charge in [0.25, 0.3) is 0 Å². The second-order valence-electron chi connectivity index (χ2n) is 5.64. The zero-order valence-electron chi connectivity index (χ0n) is 13.2. The minimum Gasteiger partial charge on any atom is -0.329 e. The normalized spacial score (nSPS) is 14.7. The van der Waals surface area contributed by atoms with Crippen molar-refractivity contribution in [3.8, 4) is 0 Å². The third-order valence-corrected chi connectivity index (χ3v) is 4.32. The van der Waals surface area contributed by atoms with Gasteiger partial charge in [-0.1, -0.05) is 45.4 Å². The summed E-state index contributed by atoms with van der Waals surface area (Å²) in [5.74, 6) is 0.721. The number of aryl methyl sites for hydroxylation is 1. The largest absolute Gasteiger partial charge is 0.329 e. The molecule has 0 bridgehead atoms. The predicted molar refractivity (Wildman–Crippen MR) is 84.4 cm³/mol. The second-order valence-corrected chi connectivity index (χ2v) is 5.64. The van der Waals surface area contributed by atoms with Gasteiger partial charge in [0.15, 0.2) is 0 Å². The zero-order valence-corrected chi connectivity index (χ0v) is 13.2. The van der Waals surface area contributed by atoms with E-state index in [2.05, 4.69) is 57.7 Å². The summed E-state index contributed by atoms with van der Waals surface area (Å²) in [5, 5.41) is 0. The van der Waals surface area contributed by atoms with Crippen LogP contribution in [0.5, 0.6) is 0 Å². The van der Waals surface area contributed by atoms with Crippen LogP contribution >= 0.6 is 0 Å². The first-order chi connectivity index (χ1) is 9.04. The van der Waals surface area contributed by atoms with Crippen molar-refractivity contribution in [2.24, 2.45) is 11.7 Å². The van der Waals surface area contributed by atoms with Gasteiger partial charge >= 0.3 is 0 Å².